The highest BCUT2D eigenvalue weighted by Crippen LogP contribution is 2.35. The van der Waals surface area contributed by atoms with Crippen LogP contribution in [0.2, 0.25) is 0 Å². The van der Waals surface area contributed by atoms with Crippen molar-refractivity contribution in [1.82, 2.24) is 0 Å². The average Bonchev–Trinajstić information content (AvgIpc) is 2.92. The number of carbonyl (C=O) groups is 2. The molecule has 0 N–H and O–H groups in total. The third kappa shape index (κ3) is 3.62. The maximum absolute atomic E-state index is 13.2. The minimum atomic E-state index is -0.504. The molecule has 5 heteroatoms. The molecule has 0 atom stereocenters. The number of ether oxygens (including phenoxy) is 2. The number of hydrogen-bond donors (Lipinski definition) is 0. The molecule has 3 rings (SSSR count). The molecule has 1 amide bonds. The van der Waals surface area contributed by atoms with E-state index in [-0.39, 0.29) is 18.1 Å². The van der Waals surface area contributed by atoms with Crippen LogP contribution in [0.15, 0.2) is 71.4 Å². The van der Waals surface area contributed by atoms with Crippen LogP contribution in [0.1, 0.15) is 19.4 Å². The highest BCUT2D eigenvalue weighted by molar-refractivity contribution is 6.23. The van der Waals surface area contributed by atoms with Gasteiger partial charge in [-0.15, -0.1) is 0 Å². The molecule has 0 radical (unpaired) electrons. The number of allylic oxidation sites excluding steroid dienone is 1. The topological polar surface area (TPSA) is 55.8 Å². The normalized spacial score (nSPS) is 15.4. The smallest absolute Gasteiger partial charge is 0.340 e. The lowest BCUT2D eigenvalue weighted by Gasteiger charge is -2.17. The van der Waals surface area contributed by atoms with E-state index in [1.807, 2.05) is 54.6 Å². The molecule has 5 nitrogen and oxygen atoms in total. The Morgan fingerprint density at radius 3 is 2.52 bits per heavy atom. The summed E-state index contributed by atoms with van der Waals surface area (Å²) in [6, 6.07) is 16.6. The first-order valence-corrected chi connectivity index (χ1v) is 8.70. The van der Waals surface area contributed by atoms with E-state index in [4.69, 9.17) is 9.47 Å². The van der Waals surface area contributed by atoms with Crippen molar-refractivity contribution in [2.45, 2.75) is 13.8 Å². The molecule has 0 spiro atoms. The standard InChI is InChI=1S/C22H21NO4/c1-4-27-22(25)20-15(2)23(17-10-6-5-7-11-17)21(24)19(20)14-16-9-8-12-18(13-16)26-3/h5-14H,4H2,1-3H3. The quantitative estimate of drug-likeness (QED) is 0.596. The lowest BCUT2D eigenvalue weighted by atomic mass is 10.0. The molecule has 0 saturated heterocycles. The largest absolute Gasteiger partial charge is 0.497 e. The highest BCUT2D eigenvalue weighted by atomic mass is 16.5. The van der Waals surface area contributed by atoms with E-state index in [0.717, 1.165) is 5.56 Å². The van der Waals surface area contributed by atoms with Crippen LogP contribution >= 0.6 is 0 Å². The Labute approximate surface area is 158 Å². The summed E-state index contributed by atoms with van der Waals surface area (Å²) in [5.41, 5.74) is 2.62. The number of benzene rings is 2. The van der Waals surface area contributed by atoms with Gasteiger partial charge < -0.3 is 9.47 Å². The Morgan fingerprint density at radius 2 is 1.85 bits per heavy atom. The van der Waals surface area contributed by atoms with Gasteiger partial charge in [-0.05, 0) is 49.8 Å². The molecule has 0 saturated carbocycles. The molecule has 0 unspecified atom stereocenters. The van der Waals surface area contributed by atoms with Crippen molar-refractivity contribution in [2.75, 3.05) is 18.6 Å². The predicted octanol–water partition coefficient (Wildman–Crippen LogP) is 3.96. The van der Waals surface area contributed by atoms with Gasteiger partial charge in [-0.3, -0.25) is 9.69 Å². The van der Waals surface area contributed by atoms with E-state index >= 15 is 0 Å². The molecular formula is C22H21NO4. The molecule has 138 valence electrons. The number of rotatable bonds is 5. The van der Waals surface area contributed by atoms with Gasteiger partial charge in [0.25, 0.3) is 5.91 Å². The SMILES string of the molecule is CCOC(=O)C1=C(C)N(c2ccccc2)C(=O)C1=Cc1cccc(OC)c1. The fourth-order valence-corrected chi connectivity index (χ4v) is 3.07. The van der Waals surface area contributed by atoms with Crippen LogP contribution in [0.4, 0.5) is 5.69 Å². The lowest BCUT2D eigenvalue weighted by molar-refractivity contribution is -0.138. The van der Waals surface area contributed by atoms with Crippen molar-refractivity contribution in [2.24, 2.45) is 0 Å². The summed E-state index contributed by atoms with van der Waals surface area (Å²) in [6.45, 7) is 3.73. The second-order valence-corrected chi connectivity index (χ2v) is 5.99. The molecule has 0 fully saturated rings. The average molecular weight is 363 g/mol. The Morgan fingerprint density at radius 1 is 1.11 bits per heavy atom. The molecule has 1 heterocycles. The minimum absolute atomic E-state index is 0.238. The zero-order valence-electron chi connectivity index (χ0n) is 15.6. The van der Waals surface area contributed by atoms with E-state index in [2.05, 4.69) is 0 Å². The summed E-state index contributed by atoms with van der Waals surface area (Å²) in [4.78, 5) is 27.3. The van der Waals surface area contributed by atoms with Crippen LogP contribution in [0, 0.1) is 0 Å². The van der Waals surface area contributed by atoms with Crippen LogP contribution in [0.3, 0.4) is 0 Å². The van der Waals surface area contributed by atoms with Crippen LogP contribution in [-0.4, -0.2) is 25.6 Å². The fourth-order valence-electron chi connectivity index (χ4n) is 3.07. The van der Waals surface area contributed by atoms with Crippen molar-refractivity contribution < 1.29 is 19.1 Å². The molecule has 0 aliphatic carbocycles. The van der Waals surface area contributed by atoms with Crippen molar-refractivity contribution in [3.8, 4) is 5.75 Å². The Bertz CT molecular complexity index is 928. The van der Waals surface area contributed by atoms with E-state index in [1.165, 1.54) is 4.90 Å². The summed E-state index contributed by atoms with van der Waals surface area (Å²) >= 11 is 0. The molecule has 27 heavy (non-hydrogen) atoms. The Kier molecular flexibility index (Phi) is 5.41. The number of methoxy groups -OCH3 is 1. The molecular weight excluding hydrogens is 342 g/mol. The number of amides is 1. The zero-order valence-corrected chi connectivity index (χ0v) is 15.6. The van der Waals surface area contributed by atoms with Crippen LogP contribution in [0.5, 0.6) is 5.75 Å². The Balaban J connectivity index is 2.12. The van der Waals surface area contributed by atoms with Gasteiger partial charge in [0.2, 0.25) is 0 Å². The first-order chi connectivity index (χ1) is 13.1. The molecule has 0 aromatic heterocycles. The summed E-state index contributed by atoms with van der Waals surface area (Å²) in [5.74, 6) is -0.0893. The summed E-state index contributed by atoms with van der Waals surface area (Å²) in [6.07, 6.45) is 1.70. The van der Waals surface area contributed by atoms with Crippen LogP contribution in [-0.2, 0) is 14.3 Å². The van der Waals surface area contributed by atoms with Crippen molar-refractivity contribution in [3.05, 3.63) is 77.0 Å². The summed E-state index contributed by atoms with van der Waals surface area (Å²) in [7, 11) is 1.58. The third-order valence-electron chi connectivity index (χ3n) is 4.30. The van der Waals surface area contributed by atoms with Crippen LogP contribution in [0.25, 0.3) is 6.08 Å². The van der Waals surface area contributed by atoms with Gasteiger partial charge in [-0.2, -0.15) is 0 Å². The highest BCUT2D eigenvalue weighted by Gasteiger charge is 2.37. The van der Waals surface area contributed by atoms with Crippen LogP contribution < -0.4 is 9.64 Å². The summed E-state index contributed by atoms with van der Waals surface area (Å²) in [5, 5.41) is 0. The fraction of sp³-hybridized carbons (Fsp3) is 0.182. The van der Waals surface area contributed by atoms with E-state index in [9.17, 15) is 9.59 Å². The minimum Gasteiger partial charge on any atom is -0.497 e. The van der Waals surface area contributed by atoms with E-state index < -0.39 is 5.97 Å². The van der Waals surface area contributed by atoms with Gasteiger partial charge in [0.15, 0.2) is 0 Å². The number of hydrogen-bond acceptors (Lipinski definition) is 4. The molecule has 1 aliphatic heterocycles. The lowest BCUT2D eigenvalue weighted by Crippen LogP contribution is -2.24. The second-order valence-electron chi connectivity index (χ2n) is 5.99. The monoisotopic (exact) mass is 363 g/mol. The molecule has 2 aromatic rings. The van der Waals surface area contributed by atoms with E-state index in [0.29, 0.717) is 22.7 Å². The van der Waals surface area contributed by atoms with Gasteiger partial charge in [0.1, 0.15) is 5.75 Å². The zero-order chi connectivity index (χ0) is 19.4. The van der Waals surface area contributed by atoms with Crippen molar-refractivity contribution in [3.63, 3.8) is 0 Å². The van der Waals surface area contributed by atoms with Gasteiger partial charge in [0, 0.05) is 11.4 Å². The first kappa shape index (κ1) is 18.5. The third-order valence-corrected chi connectivity index (χ3v) is 4.30. The second kappa shape index (κ2) is 7.91. The summed E-state index contributed by atoms with van der Waals surface area (Å²) < 4.78 is 10.4. The maximum Gasteiger partial charge on any atom is 0.340 e. The number of carbonyl (C=O) groups excluding carboxylic acids is 2. The molecule has 0 bridgehead atoms. The number of nitrogens with zero attached hydrogens (tertiary/aromatic N) is 1. The molecule has 1 aliphatic rings. The van der Waals surface area contributed by atoms with Gasteiger partial charge in [-0.25, -0.2) is 4.79 Å². The number of anilines is 1. The van der Waals surface area contributed by atoms with Gasteiger partial charge in [0.05, 0.1) is 24.9 Å². The molecule has 2 aromatic carbocycles. The first-order valence-electron chi connectivity index (χ1n) is 8.70. The Hall–Kier alpha value is -3.34. The van der Waals surface area contributed by atoms with Gasteiger partial charge >= 0.3 is 5.97 Å². The number of para-hydroxylation sites is 1. The van der Waals surface area contributed by atoms with Gasteiger partial charge in [-0.1, -0.05) is 30.3 Å². The van der Waals surface area contributed by atoms with Crippen molar-refractivity contribution >= 4 is 23.6 Å². The van der Waals surface area contributed by atoms with E-state index in [1.54, 1.807) is 27.0 Å². The number of esters is 1. The maximum atomic E-state index is 13.2. The van der Waals surface area contributed by atoms with Crippen molar-refractivity contribution in [1.29, 1.82) is 0 Å². The predicted molar refractivity (Wildman–Crippen MR) is 104 cm³/mol.